The zero-order chi connectivity index (χ0) is 17.3. The van der Waals surface area contributed by atoms with Crippen LogP contribution in [-0.2, 0) is 0 Å². The highest BCUT2D eigenvalue weighted by Gasteiger charge is 2.32. The largest absolute Gasteiger partial charge is 0.573 e. The Labute approximate surface area is 145 Å². The van der Waals surface area contributed by atoms with Gasteiger partial charge >= 0.3 is 6.36 Å². The molecule has 0 aliphatic carbocycles. The van der Waals surface area contributed by atoms with Gasteiger partial charge in [-0.2, -0.15) is 0 Å². The van der Waals surface area contributed by atoms with Gasteiger partial charge in [0.15, 0.2) is 0 Å². The molecular weight excluding hydrogens is 364 g/mol. The molecule has 24 heavy (non-hydrogen) atoms. The van der Waals surface area contributed by atoms with Gasteiger partial charge in [0, 0.05) is 5.39 Å². The summed E-state index contributed by atoms with van der Waals surface area (Å²) in [5.41, 5.74) is 1.08. The average molecular weight is 373 g/mol. The van der Waals surface area contributed by atoms with Crippen LogP contribution in [0.25, 0.3) is 10.9 Å². The number of nitrogens with zero attached hydrogens (tertiary/aromatic N) is 1. The van der Waals surface area contributed by atoms with E-state index in [0.717, 1.165) is 17.0 Å². The average Bonchev–Trinajstić information content (AvgIpc) is 2.53. The molecule has 1 N–H and O–H groups in total. The molecule has 1 heterocycles. The smallest absolute Gasteiger partial charge is 0.404 e. The van der Waals surface area contributed by atoms with Crippen LogP contribution in [0.2, 0.25) is 10.0 Å². The van der Waals surface area contributed by atoms with Crippen molar-refractivity contribution in [2.24, 2.45) is 0 Å². The van der Waals surface area contributed by atoms with E-state index in [1.54, 1.807) is 6.07 Å². The number of hydrogen-bond acceptors (Lipinski definition) is 3. The second-order valence-electron chi connectivity index (χ2n) is 4.80. The number of alkyl halides is 3. The van der Waals surface area contributed by atoms with Crippen molar-refractivity contribution in [1.82, 2.24) is 4.98 Å². The number of halogens is 5. The number of pyridine rings is 1. The van der Waals surface area contributed by atoms with E-state index in [-0.39, 0.29) is 10.0 Å². The van der Waals surface area contributed by atoms with Gasteiger partial charge < -0.3 is 10.1 Å². The van der Waals surface area contributed by atoms with Crippen molar-refractivity contribution >= 4 is 45.6 Å². The molecule has 3 aromatic rings. The van der Waals surface area contributed by atoms with Crippen molar-refractivity contribution in [3.05, 3.63) is 58.6 Å². The Morgan fingerprint density at radius 2 is 1.67 bits per heavy atom. The Morgan fingerprint density at radius 1 is 0.917 bits per heavy atom. The lowest BCUT2D eigenvalue weighted by atomic mass is 10.2. The van der Waals surface area contributed by atoms with E-state index in [1.807, 2.05) is 30.3 Å². The minimum atomic E-state index is -4.85. The monoisotopic (exact) mass is 372 g/mol. The Morgan fingerprint density at radius 3 is 2.42 bits per heavy atom. The molecule has 0 aliphatic heterocycles. The first-order valence-corrected chi connectivity index (χ1v) is 7.46. The fraction of sp³-hybridized carbons (Fsp3) is 0.0625. The maximum Gasteiger partial charge on any atom is 0.573 e. The molecule has 2 aromatic carbocycles. The molecule has 0 saturated heterocycles. The summed E-state index contributed by atoms with van der Waals surface area (Å²) in [7, 11) is 0. The Bertz CT molecular complexity index is 900. The molecule has 3 nitrogen and oxygen atoms in total. The van der Waals surface area contributed by atoms with Crippen LogP contribution < -0.4 is 10.1 Å². The molecule has 0 atom stereocenters. The van der Waals surface area contributed by atoms with Crippen LogP contribution in [0.4, 0.5) is 24.7 Å². The van der Waals surface area contributed by atoms with E-state index in [1.165, 1.54) is 6.07 Å². The van der Waals surface area contributed by atoms with Gasteiger partial charge in [-0.1, -0.05) is 41.4 Å². The molecule has 0 fully saturated rings. The van der Waals surface area contributed by atoms with Crippen molar-refractivity contribution < 1.29 is 17.9 Å². The van der Waals surface area contributed by atoms with Crippen LogP contribution in [0.5, 0.6) is 5.75 Å². The molecular formula is C16H9Cl2F3N2O. The second kappa shape index (κ2) is 6.37. The molecule has 0 amide bonds. The summed E-state index contributed by atoms with van der Waals surface area (Å²) < 4.78 is 40.7. The molecule has 0 bridgehead atoms. The summed E-state index contributed by atoms with van der Waals surface area (Å²) in [5, 5.41) is 3.47. The minimum Gasteiger partial charge on any atom is -0.404 e. The van der Waals surface area contributed by atoms with Gasteiger partial charge in [0.25, 0.3) is 0 Å². The van der Waals surface area contributed by atoms with Crippen molar-refractivity contribution in [1.29, 1.82) is 0 Å². The number of para-hydroxylation sites is 1. The first kappa shape index (κ1) is 16.7. The number of benzene rings is 2. The van der Waals surface area contributed by atoms with E-state index in [9.17, 15) is 13.2 Å². The third-order valence-electron chi connectivity index (χ3n) is 3.13. The van der Waals surface area contributed by atoms with Crippen LogP contribution in [0, 0.1) is 0 Å². The van der Waals surface area contributed by atoms with E-state index in [0.29, 0.717) is 11.5 Å². The van der Waals surface area contributed by atoms with Crippen LogP contribution in [0.15, 0.2) is 48.5 Å². The molecule has 0 radical (unpaired) electrons. The fourth-order valence-corrected chi connectivity index (χ4v) is 2.51. The molecule has 0 aliphatic rings. The minimum absolute atomic E-state index is 0.0895. The Balaban J connectivity index is 1.90. The van der Waals surface area contributed by atoms with Crippen LogP contribution in [-0.4, -0.2) is 11.3 Å². The van der Waals surface area contributed by atoms with Crippen LogP contribution in [0.1, 0.15) is 0 Å². The van der Waals surface area contributed by atoms with Gasteiger partial charge in [0.2, 0.25) is 0 Å². The SMILES string of the molecule is FC(F)(F)Oc1ccc(Nc2ccc3ccccc3n2)c(Cl)c1Cl. The number of hydrogen-bond donors (Lipinski definition) is 1. The quantitative estimate of drug-likeness (QED) is 0.595. The Kier molecular flexibility index (Phi) is 4.43. The molecule has 1 aromatic heterocycles. The summed E-state index contributed by atoms with van der Waals surface area (Å²) in [4.78, 5) is 4.40. The molecule has 0 saturated carbocycles. The summed E-state index contributed by atoms with van der Waals surface area (Å²) in [6, 6.07) is 13.5. The molecule has 0 spiro atoms. The van der Waals surface area contributed by atoms with Crippen molar-refractivity contribution in [2.75, 3.05) is 5.32 Å². The van der Waals surface area contributed by atoms with Gasteiger partial charge in [-0.15, -0.1) is 13.2 Å². The van der Waals surface area contributed by atoms with E-state index < -0.39 is 12.1 Å². The topological polar surface area (TPSA) is 34.1 Å². The summed E-state index contributed by atoms with van der Waals surface area (Å²) in [6.07, 6.45) is -4.85. The maximum absolute atomic E-state index is 12.3. The summed E-state index contributed by atoms with van der Waals surface area (Å²) in [5.74, 6) is -0.0812. The maximum atomic E-state index is 12.3. The summed E-state index contributed by atoms with van der Waals surface area (Å²) in [6.45, 7) is 0. The predicted octanol–water partition coefficient (Wildman–Crippen LogP) is 6.18. The normalized spacial score (nSPS) is 11.5. The van der Waals surface area contributed by atoms with Gasteiger partial charge in [0.05, 0.1) is 16.2 Å². The lowest BCUT2D eigenvalue weighted by Gasteiger charge is -2.14. The first-order valence-electron chi connectivity index (χ1n) is 6.70. The van der Waals surface area contributed by atoms with Crippen LogP contribution in [0.3, 0.4) is 0 Å². The zero-order valence-corrected chi connectivity index (χ0v) is 13.4. The summed E-state index contributed by atoms with van der Waals surface area (Å²) >= 11 is 11.9. The number of aromatic nitrogens is 1. The van der Waals surface area contributed by atoms with Gasteiger partial charge in [0.1, 0.15) is 16.6 Å². The highest BCUT2D eigenvalue weighted by Crippen LogP contribution is 2.40. The molecule has 124 valence electrons. The number of nitrogens with one attached hydrogen (secondary N) is 1. The number of fused-ring (bicyclic) bond motifs is 1. The van der Waals surface area contributed by atoms with E-state index in [2.05, 4.69) is 15.0 Å². The lowest BCUT2D eigenvalue weighted by molar-refractivity contribution is -0.274. The Hall–Kier alpha value is -2.18. The highest BCUT2D eigenvalue weighted by atomic mass is 35.5. The van der Waals surface area contributed by atoms with Crippen molar-refractivity contribution in [3.63, 3.8) is 0 Å². The third-order valence-corrected chi connectivity index (χ3v) is 4.00. The van der Waals surface area contributed by atoms with Gasteiger partial charge in [-0.25, -0.2) is 4.98 Å². The zero-order valence-electron chi connectivity index (χ0n) is 11.9. The number of ether oxygens (including phenoxy) is 1. The van der Waals surface area contributed by atoms with Crippen molar-refractivity contribution in [3.8, 4) is 5.75 Å². The molecule has 8 heteroatoms. The molecule has 3 rings (SSSR count). The predicted molar refractivity (Wildman–Crippen MR) is 88.2 cm³/mol. The standard InChI is InChI=1S/C16H9Cl2F3N2O/c17-14-11(6-7-12(15(14)18)24-16(19,20)21)23-13-8-5-9-3-1-2-4-10(9)22-13/h1-8H,(H,22,23). The first-order chi connectivity index (χ1) is 11.3. The fourth-order valence-electron chi connectivity index (χ4n) is 2.11. The van der Waals surface area contributed by atoms with Gasteiger partial charge in [-0.05, 0) is 30.3 Å². The lowest BCUT2D eigenvalue weighted by Crippen LogP contribution is -2.17. The van der Waals surface area contributed by atoms with Gasteiger partial charge in [-0.3, -0.25) is 0 Å². The van der Waals surface area contributed by atoms with E-state index >= 15 is 0 Å². The van der Waals surface area contributed by atoms with E-state index in [4.69, 9.17) is 23.2 Å². The third kappa shape index (κ3) is 3.66. The second-order valence-corrected chi connectivity index (χ2v) is 5.56. The highest BCUT2D eigenvalue weighted by molar-refractivity contribution is 6.44. The number of anilines is 2. The molecule has 0 unspecified atom stereocenters. The van der Waals surface area contributed by atoms with Crippen molar-refractivity contribution in [2.45, 2.75) is 6.36 Å². The van der Waals surface area contributed by atoms with Crippen LogP contribution >= 0.6 is 23.2 Å². The number of rotatable bonds is 3.